The molecule has 0 fully saturated rings. The molecular weight excluding hydrogens is 285 g/mol. The van der Waals surface area contributed by atoms with E-state index in [9.17, 15) is 9.18 Å². The normalized spacial score (nSPS) is 18.4. The summed E-state index contributed by atoms with van der Waals surface area (Å²) in [5.74, 6) is 0.332. The van der Waals surface area contributed by atoms with Crippen LogP contribution >= 0.6 is 0 Å². The third kappa shape index (κ3) is 2.50. The summed E-state index contributed by atoms with van der Waals surface area (Å²) in [5, 5.41) is 11.5. The minimum atomic E-state index is -1.11. The fourth-order valence-electron chi connectivity index (χ4n) is 2.81. The summed E-state index contributed by atoms with van der Waals surface area (Å²) >= 11 is 0. The Morgan fingerprint density at radius 1 is 1.23 bits per heavy atom. The van der Waals surface area contributed by atoms with Crippen molar-refractivity contribution in [3.05, 3.63) is 53.8 Å². The lowest BCUT2D eigenvalue weighted by molar-refractivity contribution is 0.0932. The maximum atomic E-state index is 13.4. The number of hydrogen-bond donors (Lipinski definition) is 2. The Morgan fingerprint density at radius 3 is 2.64 bits per heavy atom. The molecule has 0 aromatic heterocycles. The highest BCUT2D eigenvalue weighted by atomic mass is 19.1. The van der Waals surface area contributed by atoms with Gasteiger partial charge in [0.1, 0.15) is 23.2 Å². The quantitative estimate of drug-likeness (QED) is 0.882. The van der Waals surface area contributed by atoms with E-state index in [1.165, 1.54) is 12.1 Å². The highest BCUT2D eigenvalue weighted by Gasteiger charge is 2.42. The van der Waals surface area contributed by atoms with Gasteiger partial charge in [-0.15, -0.1) is 0 Å². The molecule has 1 aliphatic rings. The summed E-state index contributed by atoms with van der Waals surface area (Å²) in [6, 6.07) is 11.3. The monoisotopic (exact) mass is 301 g/mol. The fraction of sp³-hybridized carbons (Fsp3) is 0.235. The lowest BCUT2D eigenvalue weighted by atomic mass is 9.92. The van der Waals surface area contributed by atoms with E-state index < -0.39 is 17.7 Å². The maximum absolute atomic E-state index is 13.4. The summed E-state index contributed by atoms with van der Waals surface area (Å²) in [6.07, 6.45) is -1.11. The van der Waals surface area contributed by atoms with E-state index in [2.05, 4.69) is 5.32 Å². The number of amides is 1. The Labute approximate surface area is 127 Å². The third-order valence-corrected chi connectivity index (χ3v) is 3.81. The Kier molecular flexibility index (Phi) is 3.28. The summed E-state index contributed by atoms with van der Waals surface area (Å²) in [4.78, 5) is 11.0. The highest BCUT2D eigenvalue weighted by Crippen LogP contribution is 2.44. The number of fused-ring (bicyclic) bond motifs is 1. The van der Waals surface area contributed by atoms with Crippen LogP contribution in [0.2, 0.25) is 0 Å². The predicted octanol–water partition coefficient (Wildman–Crippen LogP) is 3.97. The molecule has 1 amide bonds. The van der Waals surface area contributed by atoms with E-state index >= 15 is 0 Å². The molecule has 1 unspecified atom stereocenters. The second kappa shape index (κ2) is 5.02. The number of halogens is 1. The van der Waals surface area contributed by atoms with Crippen LogP contribution in [0.15, 0.2) is 42.5 Å². The van der Waals surface area contributed by atoms with Crippen molar-refractivity contribution in [3.63, 3.8) is 0 Å². The first kappa shape index (κ1) is 14.4. The lowest BCUT2D eigenvalue weighted by Gasteiger charge is -2.26. The fourth-order valence-corrected chi connectivity index (χ4v) is 2.81. The van der Waals surface area contributed by atoms with Gasteiger partial charge in [-0.25, -0.2) is 9.18 Å². The number of rotatable bonds is 2. The van der Waals surface area contributed by atoms with E-state index in [1.807, 2.05) is 32.0 Å². The van der Waals surface area contributed by atoms with Gasteiger partial charge in [0.2, 0.25) is 0 Å². The Bertz CT molecular complexity index is 742. The molecule has 22 heavy (non-hydrogen) atoms. The van der Waals surface area contributed by atoms with Crippen molar-refractivity contribution in [3.8, 4) is 16.9 Å². The van der Waals surface area contributed by atoms with Crippen LogP contribution in [0, 0.1) is 5.82 Å². The van der Waals surface area contributed by atoms with Gasteiger partial charge in [-0.1, -0.05) is 18.2 Å². The summed E-state index contributed by atoms with van der Waals surface area (Å²) < 4.78 is 19.2. The predicted molar refractivity (Wildman–Crippen MR) is 80.4 cm³/mol. The van der Waals surface area contributed by atoms with Gasteiger partial charge in [-0.2, -0.15) is 0 Å². The van der Waals surface area contributed by atoms with Crippen LogP contribution in [-0.2, 0) is 0 Å². The highest BCUT2D eigenvalue weighted by molar-refractivity contribution is 5.69. The molecule has 1 heterocycles. The number of benzene rings is 2. The topological polar surface area (TPSA) is 58.6 Å². The van der Waals surface area contributed by atoms with Gasteiger partial charge in [-0.3, -0.25) is 0 Å². The molecule has 2 N–H and O–H groups in total. The molecular formula is C17H16FNO3. The second-order valence-electron chi connectivity index (χ2n) is 5.85. The first-order valence-electron chi connectivity index (χ1n) is 6.95. The minimum Gasteiger partial charge on any atom is -0.485 e. The molecule has 5 heteroatoms. The summed E-state index contributed by atoms with van der Waals surface area (Å²) in [5.41, 5.74) is 1.63. The molecule has 0 bridgehead atoms. The zero-order valence-corrected chi connectivity index (χ0v) is 12.3. The minimum absolute atomic E-state index is 0.310. The zero-order valence-electron chi connectivity index (χ0n) is 12.3. The maximum Gasteiger partial charge on any atom is 0.405 e. The van der Waals surface area contributed by atoms with Crippen LogP contribution < -0.4 is 10.1 Å². The Balaban J connectivity index is 2.05. The first-order valence-corrected chi connectivity index (χ1v) is 6.95. The van der Waals surface area contributed by atoms with Gasteiger partial charge in [-0.05, 0) is 49.2 Å². The number of nitrogens with one attached hydrogen (secondary N) is 1. The van der Waals surface area contributed by atoms with Crippen molar-refractivity contribution in [2.24, 2.45) is 0 Å². The average molecular weight is 301 g/mol. The summed E-state index contributed by atoms with van der Waals surface area (Å²) in [7, 11) is 0. The molecule has 0 spiro atoms. The van der Waals surface area contributed by atoms with Crippen molar-refractivity contribution in [1.82, 2.24) is 5.32 Å². The van der Waals surface area contributed by atoms with Gasteiger partial charge >= 0.3 is 6.09 Å². The van der Waals surface area contributed by atoms with Gasteiger partial charge in [0.05, 0.1) is 0 Å². The average Bonchev–Trinajstić information content (AvgIpc) is 2.68. The van der Waals surface area contributed by atoms with E-state index in [1.54, 1.807) is 12.1 Å². The van der Waals surface area contributed by atoms with E-state index in [0.29, 0.717) is 5.75 Å². The summed E-state index contributed by atoms with van der Waals surface area (Å²) in [6.45, 7) is 3.66. The van der Waals surface area contributed by atoms with Crippen molar-refractivity contribution < 1.29 is 19.0 Å². The van der Waals surface area contributed by atoms with E-state index in [4.69, 9.17) is 9.84 Å². The SMILES string of the molecule is CC1(C)Oc2ccc(-c3cccc(F)c3)cc2C1NC(=O)O. The number of hydrogen-bond acceptors (Lipinski definition) is 2. The van der Waals surface area contributed by atoms with Crippen LogP contribution in [0.25, 0.3) is 11.1 Å². The molecule has 4 nitrogen and oxygen atoms in total. The Hall–Kier alpha value is -2.56. The van der Waals surface area contributed by atoms with Gasteiger partial charge in [0, 0.05) is 5.56 Å². The van der Waals surface area contributed by atoms with Gasteiger partial charge in [0.15, 0.2) is 0 Å². The van der Waals surface area contributed by atoms with Crippen LogP contribution in [0.1, 0.15) is 25.5 Å². The first-order chi connectivity index (χ1) is 10.4. The second-order valence-corrected chi connectivity index (χ2v) is 5.85. The van der Waals surface area contributed by atoms with Crippen LogP contribution in [-0.4, -0.2) is 16.8 Å². The molecule has 2 aromatic rings. The number of carbonyl (C=O) groups is 1. The van der Waals surface area contributed by atoms with Crippen molar-refractivity contribution >= 4 is 6.09 Å². The Morgan fingerprint density at radius 2 is 1.95 bits per heavy atom. The molecule has 0 radical (unpaired) electrons. The van der Waals surface area contributed by atoms with Gasteiger partial charge in [0.25, 0.3) is 0 Å². The van der Waals surface area contributed by atoms with Crippen molar-refractivity contribution in [2.45, 2.75) is 25.5 Å². The van der Waals surface area contributed by atoms with E-state index in [-0.39, 0.29) is 5.82 Å². The van der Waals surface area contributed by atoms with Crippen molar-refractivity contribution in [1.29, 1.82) is 0 Å². The van der Waals surface area contributed by atoms with Crippen molar-refractivity contribution in [2.75, 3.05) is 0 Å². The van der Waals surface area contributed by atoms with Crippen LogP contribution in [0.3, 0.4) is 0 Å². The standard InChI is InChI=1S/C17H16FNO3/c1-17(2)15(19-16(20)21)13-9-11(6-7-14(13)22-17)10-4-3-5-12(18)8-10/h3-9,15,19H,1-2H3,(H,20,21). The molecule has 114 valence electrons. The lowest BCUT2D eigenvalue weighted by Crippen LogP contribution is -2.41. The largest absolute Gasteiger partial charge is 0.485 e. The zero-order chi connectivity index (χ0) is 15.9. The van der Waals surface area contributed by atoms with Gasteiger partial charge < -0.3 is 15.2 Å². The molecule has 3 rings (SSSR count). The smallest absolute Gasteiger partial charge is 0.405 e. The van der Waals surface area contributed by atoms with Crippen LogP contribution in [0.4, 0.5) is 9.18 Å². The molecule has 1 atom stereocenters. The van der Waals surface area contributed by atoms with Crippen LogP contribution in [0.5, 0.6) is 5.75 Å². The molecule has 0 aliphatic carbocycles. The molecule has 0 saturated carbocycles. The molecule has 1 aliphatic heterocycles. The molecule has 0 saturated heterocycles. The third-order valence-electron chi connectivity index (χ3n) is 3.81. The van der Waals surface area contributed by atoms with E-state index in [0.717, 1.165) is 16.7 Å². The number of carboxylic acid groups (broad SMARTS) is 1. The molecule has 2 aromatic carbocycles. The number of ether oxygens (including phenoxy) is 1.